The topological polar surface area (TPSA) is 84.5 Å². The van der Waals surface area contributed by atoms with Crippen molar-refractivity contribution in [1.29, 1.82) is 0 Å². The zero-order valence-corrected chi connectivity index (χ0v) is 16.2. The van der Waals surface area contributed by atoms with E-state index < -0.39 is 10.0 Å². The standard InChI is InChI=1S/C19H24N2O4S/c1-5-19(22)20-17-12-16(7-8-18(17)25-6-2)26(23,24)21-15-10-13(3)9-14(4)11-15/h7-12,21H,5-6H2,1-4H3,(H,20,22). The van der Waals surface area contributed by atoms with Gasteiger partial charge in [-0.1, -0.05) is 13.0 Å². The van der Waals surface area contributed by atoms with Gasteiger partial charge in [0.1, 0.15) is 5.75 Å². The average molecular weight is 376 g/mol. The first kappa shape index (κ1) is 19.8. The molecular formula is C19H24N2O4S. The van der Waals surface area contributed by atoms with Crippen molar-refractivity contribution in [2.45, 2.75) is 39.0 Å². The van der Waals surface area contributed by atoms with Crippen molar-refractivity contribution in [2.75, 3.05) is 16.6 Å². The number of carbonyl (C=O) groups is 1. The molecule has 140 valence electrons. The molecule has 7 heteroatoms. The van der Waals surface area contributed by atoms with E-state index in [-0.39, 0.29) is 17.2 Å². The molecule has 0 aliphatic rings. The molecular weight excluding hydrogens is 352 g/mol. The van der Waals surface area contributed by atoms with Crippen LogP contribution in [-0.2, 0) is 14.8 Å². The summed E-state index contributed by atoms with van der Waals surface area (Å²) < 4.78 is 33.5. The Labute approximate surface area is 154 Å². The van der Waals surface area contributed by atoms with Gasteiger partial charge in [-0.15, -0.1) is 0 Å². The highest BCUT2D eigenvalue weighted by molar-refractivity contribution is 7.92. The van der Waals surface area contributed by atoms with Crippen LogP contribution in [0.4, 0.5) is 11.4 Å². The van der Waals surface area contributed by atoms with Gasteiger partial charge in [0, 0.05) is 12.1 Å². The second-order valence-corrected chi connectivity index (χ2v) is 7.66. The van der Waals surface area contributed by atoms with Gasteiger partial charge in [-0.2, -0.15) is 0 Å². The highest BCUT2D eigenvalue weighted by Gasteiger charge is 2.18. The fourth-order valence-electron chi connectivity index (χ4n) is 2.54. The number of amides is 1. The van der Waals surface area contributed by atoms with E-state index in [0.29, 0.717) is 23.7 Å². The van der Waals surface area contributed by atoms with Crippen molar-refractivity contribution < 1.29 is 17.9 Å². The molecule has 2 N–H and O–H groups in total. The van der Waals surface area contributed by atoms with Gasteiger partial charge in [0.2, 0.25) is 5.91 Å². The van der Waals surface area contributed by atoms with E-state index in [4.69, 9.17) is 4.74 Å². The number of hydrogen-bond donors (Lipinski definition) is 2. The number of rotatable bonds is 7. The number of benzene rings is 2. The van der Waals surface area contributed by atoms with Crippen LogP contribution in [0.5, 0.6) is 5.75 Å². The van der Waals surface area contributed by atoms with Gasteiger partial charge in [0.15, 0.2) is 0 Å². The van der Waals surface area contributed by atoms with Crippen molar-refractivity contribution >= 4 is 27.3 Å². The summed E-state index contributed by atoms with van der Waals surface area (Å²) in [7, 11) is -3.80. The van der Waals surface area contributed by atoms with Crippen molar-refractivity contribution in [3.05, 3.63) is 47.5 Å². The average Bonchev–Trinajstić information content (AvgIpc) is 2.55. The fraction of sp³-hybridized carbons (Fsp3) is 0.316. The molecule has 0 saturated heterocycles. The maximum atomic E-state index is 12.7. The van der Waals surface area contributed by atoms with Crippen molar-refractivity contribution in [1.82, 2.24) is 0 Å². The zero-order valence-electron chi connectivity index (χ0n) is 15.4. The summed E-state index contributed by atoms with van der Waals surface area (Å²) in [6.45, 7) is 7.75. The molecule has 0 aromatic heterocycles. The predicted octanol–water partition coefficient (Wildman–Crippen LogP) is 3.85. The fourth-order valence-corrected chi connectivity index (χ4v) is 3.61. The van der Waals surface area contributed by atoms with E-state index in [1.165, 1.54) is 12.1 Å². The van der Waals surface area contributed by atoms with E-state index in [9.17, 15) is 13.2 Å². The number of carbonyl (C=O) groups excluding carboxylic acids is 1. The molecule has 0 spiro atoms. The summed E-state index contributed by atoms with van der Waals surface area (Å²) in [5.41, 5.74) is 2.76. The molecule has 0 bridgehead atoms. The third-order valence-corrected chi connectivity index (χ3v) is 5.01. The maximum absolute atomic E-state index is 12.7. The van der Waals surface area contributed by atoms with Gasteiger partial charge >= 0.3 is 0 Å². The predicted molar refractivity (Wildman–Crippen MR) is 103 cm³/mol. The molecule has 26 heavy (non-hydrogen) atoms. The molecule has 0 atom stereocenters. The molecule has 0 heterocycles. The largest absolute Gasteiger partial charge is 0.492 e. The van der Waals surface area contributed by atoms with Crippen LogP contribution >= 0.6 is 0 Å². The summed E-state index contributed by atoms with van der Waals surface area (Å²) >= 11 is 0. The van der Waals surface area contributed by atoms with Crippen molar-refractivity contribution in [2.24, 2.45) is 0 Å². The van der Waals surface area contributed by atoms with Crippen LogP contribution in [0, 0.1) is 13.8 Å². The van der Waals surface area contributed by atoms with Crippen LogP contribution in [0.3, 0.4) is 0 Å². The quantitative estimate of drug-likeness (QED) is 0.769. The highest BCUT2D eigenvalue weighted by atomic mass is 32.2. The lowest BCUT2D eigenvalue weighted by Crippen LogP contribution is -2.15. The zero-order chi connectivity index (χ0) is 19.3. The van der Waals surface area contributed by atoms with Gasteiger partial charge in [-0.3, -0.25) is 9.52 Å². The van der Waals surface area contributed by atoms with Crippen LogP contribution < -0.4 is 14.8 Å². The van der Waals surface area contributed by atoms with Crippen LogP contribution in [0.2, 0.25) is 0 Å². The smallest absolute Gasteiger partial charge is 0.261 e. The number of hydrogen-bond acceptors (Lipinski definition) is 4. The van der Waals surface area contributed by atoms with Gasteiger partial charge in [0.05, 0.1) is 17.2 Å². The Hall–Kier alpha value is -2.54. The van der Waals surface area contributed by atoms with Crippen molar-refractivity contribution in [3.63, 3.8) is 0 Å². The third kappa shape index (κ3) is 4.98. The normalized spacial score (nSPS) is 11.1. The van der Waals surface area contributed by atoms with Crippen molar-refractivity contribution in [3.8, 4) is 5.75 Å². The monoisotopic (exact) mass is 376 g/mol. The lowest BCUT2D eigenvalue weighted by Gasteiger charge is -2.14. The van der Waals surface area contributed by atoms with E-state index in [1.54, 1.807) is 25.1 Å². The summed E-state index contributed by atoms with van der Waals surface area (Å²) in [5, 5.41) is 2.68. The Kier molecular flexibility index (Phi) is 6.26. The second kappa shape index (κ2) is 8.23. The van der Waals surface area contributed by atoms with Gasteiger partial charge < -0.3 is 10.1 Å². The first-order valence-corrected chi connectivity index (χ1v) is 9.91. The minimum Gasteiger partial charge on any atom is -0.492 e. The minimum absolute atomic E-state index is 0.0477. The molecule has 2 aromatic rings. The van der Waals surface area contributed by atoms with E-state index in [2.05, 4.69) is 10.0 Å². The molecule has 1 amide bonds. The molecule has 0 radical (unpaired) electrons. The van der Waals surface area contributed by atoms with Gasteiger partial charge in [-0.25, -0.2) is 8.42 Å². The minimum atomic E-state index is -3.80. The maximum Gasteiger partial charge on any atom is 0.261 e. The molecule has 0 fully saturated rings. The first-order valence-electron chi connectivity index (χ1n) is 8.43. The summed E-state index contributed by atoms with van der Waals surface area (Å²) in [6, 6.07) is 9.90. The summed E-state index contributed by atoms with van der Waals surface area (Å²) in [6.07, 6.45) is 0.281. The lowest BCUT2D eigenvalue weighted by atomic mass is 10.1. The number of aryl methyl sites for hydroxylation is 2. The Morgan fingerprint density at radius 3 is 2.27 bits per heavy atom. The molecule has 0 aliphatic carbocycles. The molecule has 6 nitrogen and oxygen atoms in total. The number of ether oxygens (including phenoxy) is 1. The summed E-state index contributed by atoms with van der Waals surface area (Å²) in [4.78, 5) is 11.8. The molecule has 2 rings (SSSR count). The lowest BCUT2D eigenvalue weighted by molar-refractivity contribution is -0.115. The SMILES string of the molecule is CCOc1ccc(S(=O)(=O)Nc2cc(C)cc(C)c2)cc1NC(=O)CC. The molecule has 2 aromatic carbocycles. The van der Waals surface area contributed by atoms with Gasteiger partial charge in [-0.05, 0) is 62.2 Å². The van der Waals surface area contributed by atoms with Crippen LogP contribution in [0.25, 0.3) is 0 Å². The third-order valence-electron chi connectivity index (χ3n) is 3.63. The molecule has 0 aliphatic heterocycles. The number of sulfonamides is 1. The Balaban J connectivity index is 2.38. The highest BCUT2D eigenvalue weighted by Crippen LogP contribution is 2.29. The first-order chi connectivity index (χ1) is 12.2. The Bertz CT molecular complexity index is 888. The van der Waals surface area contributed by atoms with Crippen LogP contribution in [-0.4, -0.2) is 20.9 Å². The van der Waals surface area contributed by atoms with E-state index in [0.717, 1.165) is 11.1 Å². The Morgan fingerprint density at radius 2 is 1.69 bits per heavy atom. The van der Waals surface area contributed by atoms with Crippen LogP contribution in [0.15, 0.2) is 41.3 Å². The molecule has 0 saturated carbocycles. The molecule has 0 unspecified atom stereocenters. The Morgan fingerprint density at radius 1 is 1.04 bits per heavy atom. The summed E-state index contributed by atoms with van der Waals surface area (Å²) in [5.74, 6) is 0.211. The van der Waals surface area contributed by atoms with E-state index in [1.807, 2.05) is 26.8 Å². The number of anilines is 2. The van der Waals surface area contributed by atoms with Gasteiger partial charge in [0.25, 0.3) is 10.0 Å². The number of nitrogens with one attached hydrogen (secondary N) is 2. The van der Waals surface area contributed by atoms with Crippen LogP contribution in [0.1, 0.15) is 31.4 Å². The van der Waals surface area contributed by atoms with E-state index >= 15 is 0 Å². The second-order valence-electron chi connectivity index (χ2n) is 5.97.